The van der Waals surface area contributed by atoms with E-state index in [1.165, 1.54) is 6.42 Å². The molecule has 4 unspecified atom stereocenters. The van der Waals surface area contributed by atoms with E-state index in [0.29, 0.717) is 12.1 Å². The van der Waals surface area contributed by atoms with E-state index in [9.17, 15) is 0 Å². The van der Waals surface area contributed by atoms with E-state index in [4.69, 9.17) is 18.9 Å². The molecule has 1 saturated carbocycles. The van der Waals surface area contributed by atoms with E-state index in [-0.39, 0.29) is 12.2 Å². The smallest absolute Gasteiger partial charge is 0.0986 e. The molecule has 0 aromatic carbocycles. The lowest BCUT2D eigenvalue weighted by Crippen LogP contribution is -2.59. The second kappa shape index (κ2) is 8.95. The Morgan fingerprint density at radius 1 is 1.35 bits per heavy atom. The molecule has 118 valence electrons. The maximum atomic E-state index is 5.64. The SMILES string of the molecule is CCOC1CC(NCCCOCC2CCCO2)C1OC. The van der Waals surface area contributed by atoms with Crippen LogP contribution >= 0.6 is 0 Å². The van der Waals surface area contributed by atoms with Gasteiger partial charge in [0.15, 0.2) is 0 Å². The average Bonchev–Trinajstić information content (AvgIpc) is 2.93. The highest BCUT2D eigenvalue weighted by atomic mass is 16.5. The van der Waals surface area contributed by atoms with Gasteiger partial charge in [-0.3, -0.25) is 0 Å². The molecule has 1 aliphatic carbocycles. The van der Waals surface area contributed by atoms with Crippen molar-refractivity contribution < 1.29 is 18.9 Å². The minimum atomic E-state index is 0.197. The summed E-state index contributed by atoms with van der Waals surface area (Å²) in [5, 5.41) is 3.52. The predicted octanol–water partition coefficient (Wildman–Crippen LogP) is 1.35. The molecule has 0 aromatic heterocycles. The summed E-state index contributed by atoms with van der Waals surface area (Å²) in [7, 11) is 1.76. The van der Waals surface area contributed by atoms with Crippen molar-refractivity contribution in [3.8, 4) is 0 Å². The van der Waals surface area contributed by atoms with Crippen molar-refractivity contribution in [2.24, 2.45) is 0 Å². The summed E-state index contributed by atoms with van der Waals surface area (Å²) >= 11 is 0. The third-order valence-corrected chi connectivity index (χ3v) is 4.10. The zero-order chi connectivity index (χ0) is 14.2. The van der Waals surface area contributed by atoms with Gasteiger partial charge in [-0.2, -0.15) is 0 Å². The van der Waals surface area contributed by atoms with Crippen molar-refractivity contribution in [2.75, 3.05) is 40.1 Å². The standard InChI is InChI=1S/C15H29NO4/c1-3-19-14-10-13(15(14)17-2)16-7-5-8-18-11-12-6-4-9-20-12/h12-16H,3-11H2,1-2H3. The predicted molar refractivity (Wildman–Crippen MR) is 77.0 cm³/mol. The van der Waals surface area contributed by atoms with Gasteiger partial charge in [0.1, 0.15) is 0 Å². The number of hydrogen-bond donors (Lipinski definition) is 1. The fourth-order valence-electron chi connectivity index (χ4n) is 2.93. The van der Waals surface area contributed by atoms with Gasteiger partial charge in [0, 0.05) is 33.0 Å². The quantitative estimate of drug-likeness (QED) is 0.615. The maximum Gasteiger partial charge on any atom is 0.0986 e. The largest absolute Gasteiger partial charge is 0.379 e. The molecule has 2 aliphatic rings. The normalized spacial score (nSPS) is 33.3. The van der Waals surface area contributed by atoms with E-state index < -0.39 is 0 Å². The molecule has 0 spiro atoms. The Labute approximate surface area is 122 Å². The van der Waals surface area contributed by atoms with Gasteiger partial charge in [0.05, 0.1) is 24.9 Å². The molecule has 0 amide bonds. The molecule has 0 aromatic rings. The molecule has 5 heteroatoms. The Morgan fingerprint density at radius 2 is 2.25 bits per heavy atom. The second-order valence-electron chi connectivity index (χ2n) is 5.55. The van der Waals surface area contributed by atoms with E-state index in [2.05, 4.69) is 5.32 Å². The molecule has 1 N–H and O–H groups in total. The van der Waals surface area contributed by atoms with Crippen LogP contribution in [-0.2, 0) is 18.9 Å². The Bertz CT molecular complexity index is 258. The summed E-state index contributed by atoms with van der Waals surface area (Å²) in [6.07, 6.45) is 5.19. The molecule has 2 rings (SSSR count). The molecule has 0 bridgehead atoms. The molecular weight excluding hydrogens is 258 g/mol. The number of methoxy groups -OCH3 is 1. The minimum absolute atomic E-state index is 0.197. The first-order valence-electron chi connectivity index (χ1n) is 7.92. The van der Waals surface area contributed by atoms with Crippen LogP contribution in [0.2, 0.25) is 0 Å². The highest BCUT2D eigenvalue weighted by Gasteiger charge is 2.41. The molecule has 20 heavy (non-hydrogen) atoms. The van der Waals surface area contributed by atoms with E-state index in [1.54, 1.807) is 7.11 Å². The van der Waals surface area contributed by atoms with Gasteiger partial charge < -0.3 is 24.3 Å². The highest BCUT2D eigenvalue weighted by molar-refractivity contribution is 4.96. The third-order valence-electron chi connectivity index (χ3n) is 4.10. The van der Waals surface area contributed by atoms with E-state index in [1.807, 2.05) is 6.92 Å². The van der Waals surface area contributed by atoms with Gasteiger partial charge in [0.2, 0.25) is 0 Å². The van der Waals surface area contributed by atoms with E-state index >= 15 is 0 Å². The molecular formula is C15H29NO4. The van der Waals surface area contributed by atoms with Crippen molar-refractivity contribution >= 4 is 0 Å². The first kappa shape index (κ1) is 16.2. The van der Waals surface area contributed by atoms with Crippen LogP contribution in [0.3, 0.4) is 0 Å². The molecule has 1 saturated heterocycles. The van der Waals surface area contributed by atoms with Gasteiger partial charge in [-0.05, 0) is 39.2 Å². The van der Waals surface area contributed by atoms with Crippen molar-refractivity contribution in [3.63, 3.8) is 0 Å². The van der Waals surface area contributed by atoms with Gasteiger partial charge in [-0.15, -0.1) is 0 Å². The Hall–Kier alpha value is -0.200. The van der Waals surface area contributed by atoms with Gasteiger partial charge >= 0.3 is 0 Å². The summed E-state index contributed by atoms with van der Waals surface area (Å²) in [6.45, 7) is 6.20. The molecule has 1 heterocycles. The summed E-state index contributed by atoms with van der Waals surface area (Å²) in [4.78, 5) is 0. The van der Waals surface area contributed by atoms with Crippen LogP contribution in [0.5, 0.6) is 0 Å². The van der Waals surface area contributed by atoms with Gasteiger partial charge in [-0.25, -0.2) is 0 Å². The Kier molecular flexibility index (Phi) is 7.24. The number of ether oxygens (including phenoxy) is 4. The first-order chi connectivity index (χ1) is 9.85. The molecule has 4 atom stereocenters. The fraction of sp³-hybridized carbons (Fsp3) is 1.00. The highest BCUT2D eigenvalue weighted by Crippen LogP contribution is 2.26. The molecule has 1 aliphatic heterocycles. The lowest BCUT2D eigenvalue weighted by molar-refractivity contribution is -0.131. The van der Waals surface area contributed by atoms with Crippen LogP contribution in [-0.4, -0.2) is 64.4 Å². The van der Waals surface area contributed by atoms with Crippen LogP contribution in [0.15, 0.2) is 0 Å². The number of nitrogens with one attached hydrogen (secondary N) is 1. The molecule has 5 nitrogen and oxygen atoms in total. The van der Waals surface area contributed by atoms with Crippen LogP contribution in [0.4, 0.5) is 0 Å². The third kappa shape index (κ3) is 4.67. The van der Waals surface area contributed by atoms with Crippen molar-refractivity contribution in [1.29, 1.82) is 0 Å². The maximum absolute atomic E-state index is 5.64. The molecule has 2 fully saturated rings. The lowest BCUT2D eigenvalue weighted by atomic mass is 9.85. The second-order valence-corrected chi connectivity index (χ2v) is 5.55. The first-order valence-corrected chi connectivity index (χ1v) is 7.92. The number of hydrogen-bond acceptors (Lipinski definition) is 5. The van der Waals surface area contributed by atoms with Crippen molar-refractivity contribution in [1.82, 2.24) is 5.32 Å². The zero-order valence-electron chi connectivity index (χ0n) is 12.8. The topological polar surface area (TPSA) is 49.0 Å². The Balaban J connectivity index is 1.45. The lowest BCUT2D eigenvalue weighted by Gasteiger charge is -2.43. The zero-order valence-corrected chi connectivity index (χ0v) is 12.8. The van der Waals surface area contributed by atoms with Crippen LogP contribution in [0.1, 0.15) is 32.6 Å². The van der Waals surface area contributed by atoms with Gasteiger partial charge in [-0.1, -0.05) is 0 Å². The van der Waals surface area contributed by atoms with E-state index in [0.717, 1.165) is 52.2 Å². The minimum Gasteiger partial charge on any atom is -0.379 e. The number of rotatable bonds is 10. The monoisotopic (exact) mass is 287 g/mol. The van der Waals surface area contributed by atoms with Crippen molar-refractivity contribution in [2.45, 2.75) is 57.0 Å². The van der Waals surface area contributed by atoms with Crippen LogP contribution < -0.4 is 5.32 Å². The summed E-state index contributed by atoms with van der Waals surface area (Å²) in [6, 6.07) is 0.426. The average molecular weight is 287 g/mol. The summed E-state index contributed by atoms with van der Waals surface area (Å²) in [5.41, 5.74) is 0. The van der Waals surface area contributed by atoms with Crippen molar-refractivity contribution in [3.05, 3.63) is 0 Å². The summed E-state index contributed by atoms with van der Waals surface area (Å²) < 4.78 is 22.2. The van der Waals surface area contributed by atoms with Gasteiger partial charge in [0.25, 0.3) is 0 Å². The summed E-state index contributed by atoms with van der Waals surface area (Å²) in [5.74, 6) is 0. The van der Waals surface area contributed by atoms with Crippen LogP contribution in [0.25, 0.3) is 0 Å². The van der Waals surface area contributed by atoms with Crippen LogP contribution in [0, 0.1) is 0 Å². The molecule has 0 radical (unpaired) electrons. The fourth-order valence-corrected chi connectivity index (χ4v) is 2.93. The Morgan fingerprint density at radius 3 is 2.95 bits per heavy atom.